The van der Waals surface area contributed by atoms with Crippen molar-refractivity contribution in [1.29, 1.82) is 0 Å². The number of rotatable bonds is 6. The van der Waals surface area contributed by atoms with Crippen molar-refractivity contribution in [3.05, 3.63) is 39.9 Å². The first-order chi connectivity index (χ1) is 10.6. The lowest BCUT2D eigenvalue weighted by atomic mass is 10.1. The zero-order valence-electron chi connectivity index (χ0n) is 11.9. The minimum absolute atomic E-state index is 0.108. The summed E-state index contributed by atoms with van der Waals surface area (Å²) in [6.07, 6.45) is 0.518. The lowest BCUT2D eigenvalue weighted by Crippen LogP contribution is -2.23. The second-order valence-electron chi connectivity index (χ2n) is 4.94. The van der Waals surface area contributed by atoms with E-state index in [1.54, 1.807) is 13.0 Å². The van der Waals surface area contributed by atoms with E-state index in [0.717, 1.165) is 4.31 Å². The maximum absolute atomic E-state index is 12.2. The van der Waals surface area contributed by atoms with Gasteiger partial charge in [-0.3, -0.25) is 14.3 Å². The summed E-state index contributed by atoms with van der Waals surface area (Å²) in [5.74, 6) is 0. The number of hydrogen-bond donors (Lipinski definition) is 0. The number of halogens is 3. The van der Waals surface area contributed by atoms with E-state index in [4.69, 9.17) is 39.0 Å². The first kappa shape index (κ1) is 18.7. The monoisotopic (exact) mass is 402 g/mol. The van der Waals surface area contributed by atoms with Gasteiger partial charge < -0.3 is 0 Å². The number of non-ortho nitro benzene ring substituents is 1. The van der Waals surface area contributed by atoms with Gasteiger partial charge in [0.05, 0.1) is 11.0 Å². The van der Waals surface area contributed by atoms with E-state index >= 15 is 0 Å². The highest BCUT2D eigenvalue weighted by Crippen LogP contribution is 2.48. The van der Waals surface area contributed by atoms with Gasteiger partial charge in [-0.15, -0.1) is 0 Å². The Labute approximate surface area is 148 Å². The molecule has 1 aromatic rings. The van der Waals surface area contributed by atoms with Gasteiger partial charge in [-0.1, -0.05) is 53.9 Å². The van der Waals surface area contributed by atoms with Gasteiger partial charge in [-0.05, 0) is 12.0 Å². The smallest absolute Gasteiger partial charge is 0.258 e. The van der Waals surface area contributed by atoms with Crippen LogP contribution in [0, 0.1) is 10.1 Å². The minimum Gasteiger partial charge on any atom is -0.258 e. The van der Waals surface area contributed by atoms with E-state index in [1.165, 1.54) is 18.2 Å². The average molecular weight is 404 g/mol. The molecule has 7 nitrogen and oxygen atoms in total. The lowest BCUT2D eigenvalue weighted by Gasteiger charge is -2.12. The highest BCUT2D eigenvalue weighted by Gasteiger charge is 2.56. The van der Waals surface area contributed by atoms with Gasteiger partial charge in [0.2, 0.25) is 3.79 Å². The van der Waals surface area contributed by atoms with Crippen molar-refractivity contribution in [2.24, 2.45) is 0 Å². The third-order valence-corrected chi connectivity index (χ3v) is 5.10. The number of nitrogens with zero attached hydrogens (tertiary/aromatic N) is 2. The molecule has 1 aliphatic rings. The molecule has 11 heteroatoms. The molecule has 1 fully saturated rings. The molecule has 3 unspecified atom stereocenters. The zero-order valence-corrected chi connectivity index (χ0v) is 14.9. The summed E-state index contributed by atoms with van der Waals surface area (Å²) in [4.78, 5) is 10.3. The predicted octanol–water partition coefficient (Wildman–Crippen LogP) is 3.36. The van der Waals surface area contributed by atoms with Crippen LogP contribution in [0.5, 0.6) is 0 Å². The van der Waals surface area contributed by atoms with Gasteiger partial charge >= 0.3 is 10.3 Å². The maximum Gasteiger partial charge on any atom is 0.339 e. The van der Waals surface area contributed by atoms with Crippen LogP contribution in [0.3, 0.4) is 0 Å². The zero-order chi connectivity index (χ0) is 17.4. The molecule has 0 amide bonds. The van der Waals surface area contributed by atoms with Crippen LogP contribution in [0.4, 0.5) is 5.69 Å². The van der Waals surface area contributed by atoms with Crippen LogP contribution < -0.4 is 0 Å². The van der Waals surface area contributed by atoms with Crippen molar-refractivity contribution < 1.29 is 17.5 Å². The van der Waals surface area contributed by atoms with Gasteiger partial charge in [0.25, 0.3) is 5.69 Å². The number of nitro groups is 1. The van der Waals surface area contributed by atoms with Gasteiger partial charge in [0.15, 0.2) is 0 Å². The van der Waals surface area contributed by atoms with Gasteiger partial charge in [-0.25, -0.2) is 0 Å². The van der Waals surface area contributed by atoms with Crippen molar-refractivity contribution in [2.45, 2.75) is 29.2 Å². The fourth-order valence-corrected chi connectivity index (χ4v) is 4.25. The molecule has 0 aliphatic carbocycles. The van der Waals surface area contributed by atoms with Crippen LogP contribution in [0.25, 0.3) is 0 Å². The number of hydrogen-bond acceptors (Lipinski definition) is 5. The Balaban J connectivity index is 2.21. The Morgan fingerprint density at radius 3 is 2.57 bits per heavy atom. The van der Waals surface area contributed by atoms with E-state index in [9.17, 15) is 18.5 Å². The normalized spacial score (nSPS) is 24.4. The van der Waals surface area contributed by atoms with Crippen LogP contribution in [0.2, 0.25) is 0 Å². The minimum atomic E-state index is -4.10. The summed E-state index contributed by atoms with van der Waals surface area (Å²) in [5.41, 5.74) is 0.413. The summed E-state index contributed by atoms with van der Waals surface area (Å²) < 4.78 is 28.4. The number of benzene rings is 1. The molecule has 23 heavy (non-hydrogen) atoms. The van der Waals surface area contributed by atoms with E-state index in [0.29, 0.717) is 12.0 Å². The molecule has 128 valence electrons. The highest BCUT2D eigenvalue weighted by atomic mass is 35.6. The van der Waals surface area contributed by atoms with Crippen molar-refractivity contribution >= 4 is 50.8 Å². The molecule has 3 atom stereocenters. The molecule has 0 radical (unpaired) electrons. The van der Waals surface area contributed by atoms with Gasteiger partial charge in [-0.2, -0.15) is 12.7 Å². The summed E-state index contributed by atoms with van der Waals surface area (Å²) in [7, 11) is -4.10. The fraction of sp³-hybridized carbons (Fsp3) is 0.500. The molecular formula is C12H13Cl3N2O5S. The van der Waals surface area contributed by atoms with Crippen molar-refractivity contribution in [1.82, 2.24) is 4.31 Å². The predicted molar refractivity (Wildman–Crippen MR) is 86.9 cm³/mol. The van der Waals surface area contributed by atoms with E-state index in [1.807, 2.05) is 0 Å². The number of nitro benzene ring substituents is 1. The van der Waals surface area contributed by atoms with Crippen molar-refractivity contribution in [2.75, 3.05) is 6.61 Å². The molecule has 1 heterocycles. The van der Waals surface area contributed by atoms with Crippen LogP contribution in [-0.4, -0.2) is 34.1 Å². The molecule has 0 bridgehead atoms. The van der Waals surface area contributed by atoms with Crippen LogP contribution in [0.1, 0.15) is 24.9 Å². The third-order valence-electron chi connectivity index (χ3n) is 3.35. The molecule has 0 spiro atoms. The highest BCUT2D eigenvalue weighted by molar-refractivity contribution is 7.84. The van der Waals surface area contributed by atoms with E-state index < -0.39 is 31.7 Å². The summed E-state index contributed by atoms with van der Waals surface area (Å²) in [5, 5.41) is 10.8. The first-order valence-electron chi connectivity index (χ1n) is 6.56. The molecule has 1 aliphatic heterocycles. The molecule has 0 N–H and O–H groups in total. The maximum atomic E-state index is 12.2. The second kappa shape index (κ2) is 6.70. The Bertz CT molecular complexity index is 707. The van der Waals surface area contributed by atoms with Gasteiger partial charge in [0.1, 0.15) is 6.61 Å². The first-order valence-corrected chi connectivity index (χ1v) is 9.05. The fourth-order valence-electron chi connectivity index (χ4n) is 2.36. The van der Waals surface area contributed by atoms with Crippen molar-refractivity contribution in [3.8, 4) is 0 Å². The topological polar surface area (TPSA) is 89.5 Å². The van der Waals surface area contributed by atoms with E-state index in [-0.39, 0.29) is 11.7 Å². The summed E-state index contributed by atoms with van der Waals surface area (Å²) in [6.45, 7) is 1.19. The Morgan fingerprint density at radius 1 is 1.39 bits per heavy atom. The van der Waals surface area contributed by atoms with Crippen LogP contribution >= 0.6 is 34.8 Å². The molecular weight excluding hydrogens is 391 g/mol. The second-order valence-corrected chi connectivity index (χ2v) is 8.97. The third kappa shape index (κ3) is 4.46. The summed E-state index contributed by atoms with van der Waals surface area (Å²) in [6, 6.07) is 4.94. The molecule has 2 rings (SSSR count). The molecule has 0 saturated carbocycles. The Morgan fingerprint density at radius 2 is 2.04 bits per heavy atom. The number of alkyl halides is 3. The summed E-state index contributed by atoms with van der Waals surface area (Å²) >= 11 is 16.5. The Kier molecular flexibility index (Phi) is 5.44. The molecule has 0 aromatic heterocycles. The molecule has 1 saturated heterocycles. The van der Waals surface area contributed by atoms with Crippen LogP contribution in [-0.2, 0) is 14.5 Å². The lowest BCUT2D eigenvalue weighted by molar-refractivity contribution is -0.384. The standard InChI is InChI=1S/C12H13Cl3N2O5S/c1-2-10-11(8-4-3-5-9(6-8)17(18)19)16(10)23(20,21)22-7-12(13,14)15/h3-6,10-11H,2,7H2,1H3. The quantitative estimate of drug-likeness (QED) is 0.314. The van der Waals surface area contributed by atoms with Crippen LogP contribution in [0.15, 0.2) is 24.3 Å². The Hall–Kier alpha value is -0.640. The largest absolute Gasteiger partial charge is 0.339 e. The van der Waals surface area contributed by atoms with E-state index in [2.05, 4.69) is 0 Å². The van der Waals surface area contributed by atoms with Crippen molar-refractivity contribution in [3.63, 3.8) is 0 Å². The SMILES string of the molecule is CCC1C(c2cccc([N+](=O)[O-])c2)N1S(=O)(=O)OCC(Cl)(Cl)Cl. The molecule has 1 aromatic carbocycles. The average Bonchev–Trinajstić information content (AvgIpc) is 3.20. The van der Waals surface area contributed by atoms with Gasteiger partial charge in [0, 0.05) is 18.2 Å².